The summed E-state index contributed by atoms with van der Waals surface area (Å²) in [6.07, 6.45) is 4.13. The molecule has 0 fully saturated rings. The van der Waals surface area contributed by atoms with Gasteiger partial charge in [0, 0.05) is 17.8 Å². The predicted molar refractivity (Wildman–Crippen MR) is 115 cm³/mol. The Balaban J connectivity index is 1.81. The first-order valence-corrected chi connectivity index (χ1v) is 9.12. The molecule has 3 aromatic carbocycles. The van der Waals surface area contributed by atoms with Crippen molar-refractivity contribution in [3.8, 4) is 11.8 Å². The van der Waals surface area contributed by atoms with Crippen molar-refractivity contribution in [1.29, 1.82) is 0 Å². The zero-order chi connectivity index (χ0) is 18.6. The SMILES string of the molecule is Cc1ccc(C#C/C=C(/c2ccc(C)cc2)n2ccc3ccccc32)cc1. The molecular formula is C26H21N. The van der Waals surface area contributed by atoms with E-state index in [2.05, 4.69) is 115 Å². The van der Waals surface area contributed by atoms with Crippen molar-refractivity contribution in [3.05, 3.63) is 113 Å². The molecule has 130 valence electrons. The molecule has 0 saturated heterocycles. The number of aromatic nitrogens is 1. The van der Waals surface area contributed by atoms with Crippen molar-refractivity contribution in [2.24, 2.45) is 0 Å². The largest absolute Gasteiger partial charge is 0.315 e. The normalized spacial score (nSPS) is 11.3. The molecule has 0 aliphatic carbocycles. The van der Waals surface area contributed by atoms with Gasteiger partial charge in [-0.05, 0) is 49.1 Å². The van der Waals surface area contributed by atoms with E-state index in [0.29, 0.717) is 0 Å². The number of hydrogen-bond acceptors (Lipinski definition) is 0. The molecule has 0 N–H and O–H groups in total. The summed E-state index contributed by atoms with van der Waals surface area (Å²) in [5.74, 6) is 6.51. The molecule has 1 aromatic heterocycles. The van der Waals surface area contributed by atoms with Crippen molar-refractivity contribution in [3.63, 3.8) is 0 Å². The van der Waals surface area contributed by atoms with Crippen LogP contribution < -0.4 is 0 Å². The molecule has 1 heterocycles. The number of para-hydroxylation sites is 1. The van der Waals surface area contributed by atoms with Crippen LogP contribution in [-0.2, 0) is 0 Å². The lowest BCUT2D eigenvalue weighted by Crippen LogP contribution is -1.97. The summed E-state index contributed by atoms with van der Waals surface area (Å²) in [6.45, 7) is 4.19. The Morgan fingerprint density at radius 2 is 1.44 bits per heavy atom. The molecule has 0 unspecified atom stereocenters. The highest BCUT2D eigenvalue weighted by Crippen LogP contribution is 2.24. The number of hydrogen-bond donors (Lipinski definition) is 0. The van der Waals surface area contributed by atoms with Gasteiger partial charge in [-0.25, -0.2) is 0 Å². The average Bonchev–Trinajstić information content (AvgIpc) is 3.12. The monoisotopic (exact) mass is 347 g/mol. The van der Waals surface area contributed by atoms with Crippen LogP contribution in [-0.4, -0.2) is 4.57 Å². The van der Waals surface area contributed by atoms with E-state index in [9.17, 15) is 0 Å². The first kappa shape index (κ1) is 16.9. The fourth-order valence-electron chi connectivity index (χ4n) is 3.13. The fraction of sp³-hybridized carbons (Fsp3) is 0.0769. The van der Waals surface area contributed by atoms with E-state index in [-0.39, 0.29) is 0 Å². The molecule has 0 aliphatic rings. The second-order valence-corrected chi connectivity index (χ2v) is 6.78. The van der Waals surface area contributed by atoms with E-state index in [1.165, 1.54) is 22.0 Å². The van der Waals surface area contributed by atoms with Crippen LogP contribution in [0, 0.1) is 25.7 Å². The Kier molecular flexibility index (Phi) is 4.64. The molecule has 1 nitrogen and oxygen atoms in total. The second kappa shape index (κ2) is 7.40. The van der Waals surface area contributed by atoms with Crippen molar-refractivity contribution >= 4 is 16.6 Å². The summed E-state index contributed by atoms with van der Waals surface area (Å²) in [5.41, 5.74) is 6.94. The number of nitrogens with zero attached hydrogens (tertiary/aromatic N) is 1. The Bertz CT molecular complexity index is 1160. The third kappa shape index (κ3) is 3.71. The van der Waals surface area contributed by atoms with Gasteiger partial charge in [0.25, 0.3) is 0 Å². The highest BCUT2D eigenvalue weighted by Gasteiger charge is 2.07. The smallest absolute Gasteiger partial charge is 0.0611 e. The van der Waals surface area contributed by atoms with Gasteiger partial charge in [0.2, 0.25) is 0 Å². The maximum atomic E-state index is 3.25. The fourth-order valence-corrected chi connectivity index (χ4v) is 3.13. The molecule has 4 aromatic rings. The Hall–Kier alpha value is -3.50. The zero-order valence-corrected chi connectivity index (χ0v) is 15.6. The highest BCUT2D eigenvalue weighted by molar-refractivity contribution is 5.86. The van der Waals surface area contributed by atoms with Gasteiger partial charge in [-0.15, -0.1) is 0 Å². The van der Waals surface area contributed by atoms with E-state index >= 15 is 0 Å². The summed E-state index contributed by atoms with van der Waals surface area (Å²) in [6, 6.07) is 27.5. The Morgan fingerprint density at radius 3 is 2.19 bits per heavy atom. The minimum Gasteiger partial charge on any atom is -0.315 e. The first-order valence-electron chi connectivity index (χ1n) is 9.12. The van der Waals surface area contributed by atoms with Crippen LogP contribution in [0.2, 0.25) is 0 Å². The van der Waals surface area contributed by atoms with Crippen molar-refractivity contribution in [2.45, 2.75) is 13.8 Å². The quantitative estimate of drug-likeness (QED) is 0.381. The van der Waals surface area contributed by atoms with Gasteiger partial charge >= 0.3 is 0 Å². The van der Waals surface area contributed by atoms with Crippen LogP contribution >= 0.6 is 0 Å². The lowest BCUT2D eigenvalue weighted by molar-refractivity contribution is 1.16. The number of benzene rings is 3. The molecule has 0 saturated carbocycles. The standard InChI is InChI=1S/C26H21N/c1-20-10-14-22(15-11-20)6-5-9-26(24-16-12-21(2)13-17-24)27-19-18-23-7-3-4-8-25(23)27/h3-4,7-19H,1-2H3/b26-9-. The summed E-state index contributed by atoms with van der Waals surface area (Å²) >= 11 is 0. The molecule has 0 amide bonds. The number of aryl methyl sites for hydroxylation is 2. The second-order valence-electron chi connectivity index (χ2n) is 6.78. The lowest BCUT2D eigenvalue weighted by Gasteiger charge is -2.11. The van der Waals surface area contributed by atoms with Gasteiger partial charge in [-0.1, -0.05) is 77.6 Å². The third-order valence-electron chi connectivity index (χ3n) is 4.68. The summed E-state index contributed by atoms with van der Waals surface area (Å²) in [5, 5.41) is 1.22. The van der Waals surface area contributed by atoms with Gasteiger partial charge in [-0.3, -0.25) is 0 Å². The lowest BCUT2D eigenvalue weighted by atomic mass is 10.1. The number of fused-ring (bicyclic) bond motifs is 1. The van der Waals surface area contributed by atoms with Crippen molar-refractivity contribution < 1.29 is 0 Å². The maximum absolute atomic E-state index is 3.25. The summed E-state index contributed by atoms with van der Waals surface area (Å²) in [7, 11) is 0. The van der Waals surface area contributed by atoms with Crippen LogP contribution in [0.15, 0.2) is 91.1 Å². The van der Waals surface area contributed by atoms with Gasteiger partial charge in [0.1, 0.15) is 0 Å². The van der Waals surface area contributed by atoms with Crippen LogP contribution in [0.25, 0.3) is 16.6 Å². The Morgan fingerprint density at radius 1 is 0.778 bits per heavy atom. The molecule has 4 rings (SSSR count). The first-order chi connectivity index (χ1) is 13.2. The van der Waals surface area contributed by atoms with Crippen LogP contribution in [0.4, 0.5) is 0 Å². The summed E-state index contributed by atoms with van der Waals surface area (Å²) < 4.78 is 2.21. The molecule has 0 atom stereocenters. The van der Waals surface area contributed by atoms with Gasteiger partial charge < -0.3 is 4.57 Å². The van der Waals surface area contributed by atoms with E-state index < -0.39 is 0 Å². The minimum atomic E-state index is 1.03. The molecule has 0 radical (unpaired) electrons. The highest BCUT2D eigenvalue weighted by atomic mass is 15.0. The van der Waals surface area contributed by atoms with Crippen LogP contribution in [0.1, 0.15) is 22.3 Å². The van der Waals surface area contributed by atoms with Crippen molar-refractivity contribution in [2.75, 3.05) is 0 Å². The maximum Gasteiger partial charge on any atom is 0.0611 e. The zero-order valence-electron chi connectivity index (χ0n) is 15.6. The summed E-state index contributed by atoms with van der Waals surface area (Å²) in [4.78, 5) is 0. The van der Waals surface area contributed by atoms with Crippen LogP contribution in [0.5, 0.6) is 0 Å². The van der Waals surface area contributed by atoms with Gasteiger partial charge in [-0.2, -0.15) is 0 Å². The van der Waals surface area contributed by atoms with Gasteiger partial charge in [0.15, 0.2) is 0 Å². The molecule has 0 bridgehead atoms. The predicted octanol–water partition coefficient (Wildman–Crippen LogP) is 6.20. The average molecular weight is 347 g/mol. The molecule has 1 heteroatoms. The molecular weight excluding hydrogens is 326 g/mol. The van der Waals surface area contributed by atoms with E-state index in [0.717, 1.165) is 16.8 Å². The number of allylic oxidation sites excluding steroid dienone is 1. The molecule has 0 aliphatic heterocycles. The van der Waals surface area contributed by atoms with Crippen LogP contribution in [0.3, 0.4) is 0 Å². The third-order valence-corrected chi connectivity index (χ3v) is 4.68. The topological polar surface area (TPSA) is 4.93 Å². The van der Waals surface area contributed by atoms with E-state index in [1.54, 1.807) is 0 Å². The molecule has 27 heavy (non-hydrogen) atoms. The Labute approximate surface area is 160 Å². The van der Waals surface area contributed by atoms with E-state index in [4.69, 9.17) is 0 Å². The van der Waals surface area contributed by atoms with Crippen molar-refractivity contribution in [1.82, 2.24) is 4.57 Å². The van der Waals surface area contributed by atoms with Gasteiger partial charge in [0.05, 0.1) is 11.2 Å². The number of rotatable bonds is 2. The molecule has 0 spiro atoms. The minimum absolute atomic E-state index is 1.03. The van der Waals surface area contributed by atoms with E-state index in [1.807, 2.05) is 6.08 Å².